The maximum absolute atomic E-state index is 14.5. The van der Waals surface area contributed by atoms with Crippen LogP contribution in [0.1, 0.15) is 95.1 Å². The molecule has 2 aromatic carbocycles. The van der Waals surface area contributed by atoms with Crippen LogP contribution in [0.15, 0.2) is 70.9 Å². The van der Waals surface area contributed by atoms with Gasteiger partial charge in [-0.1, -0.05) is 81.8 Å². The van der Waals surface area contributed by atoms with Gasteiger partial charge in [0.25, 0.3) is 0 Å². The van der Waals surface area contributed by atoms with Crippen LogP contribution in [-0.2, 0) is 36.8 Å². The highest BCUT2D eigenvalue weighted by molar-refractivity contribution is 5.96. The lowest BCUT2D eigenvalue weighted by Crippen LogP contribution is -2.58. The van der Waals surface area contributed by atoms with Crippen molar-refractivity contribution in [3.63, 3.8) is 0 Å². The number of fused-ring (bicyclic) bond motifs is 2. The molecule has 2 aromatic heterocycles. The van der Waals surface area contributed by atoms with Crippen LogP contribution in [0, 0.1) is 0 Å². The van der Waals surface area contributed by atoms with E-state index in [9.17, 15) is 24.0 Å². The van der Waals surface area contributed by atoms with E-state index in [1.807, 2.05) is 48.5 Å². The first-order valence-corrected chi connectivity index (χ1v) is 21.6. The number of aromatic nitrogens is 2. The van der Waals surface area contributed by atoms with Gasteiger partial charge in [0.15, 0.2) is 11.9 Å². The molecule has 18 heteroatoms. The number of primary amides is 1. The molecule has 0 radical (unpaired) electrons. The number of amides is 5. The molecule has 4 atom stereocenters. The number of rotatable bonds is 28. The van der Waals surface area contributed by atoms with Crippen LogP contribution in [-0.4, -0.2) is 88.7 Å². The zero-order chi connectivity index (χ0) is 44.9. The molecule has 18 nitrogen and oxygen atoms in total. The third kappa shape index (κ3) is 15.8. The van der Waals surface area contributed by atoms with Gasteiger partial charge in [0, 0.05) is 66.6 Å². The third-order valence-corrected chi connectivity index (χ3v) is 10.7. The van der Waals surface area contributed by atoms with Crippen LogP contribution in [0.25, 0.3) is 21.8 Å². The lowest BCUT2D eigenvalue weighted by atomic mass is 10.0. The maximum atomic E-state index is 14.5. The summed E-state index contributed by atoms with van der Waals surface area (Å²) in [5.41, 5.74) is 31.1. The number of benzene rings is 2. The van der Waals surface area contributed by atoms with E-state index in [1.165, 1.54) is 6.42 Å². The molecule has 62 heavy (non-hydrogen) atoms. The number of hydrogen-bond donors (Lipinski definition) is 11. The highest BCUT2D eigenvalue weighted by Gasteiger charge is 2.32. The first kappa shape index (κ1) is 48.1. The Bertz CT molecular complexity index is 2140. The van der Waals surface area contributed by atoms with Gasteiger partial charge in [-0.15, -0.1) is 0 Å². The Hall–Kier alpha value is -6.59. The maximum Gasteiger partial charge on any atom is 0.243 e. The Morgan fingerprint density at radius 1 is 0.548 bits per heavy atom. The highest BCUT2D eigenvalue weighted by Crippen LogP contribution is 2.21. The standard InChI is InChI=1S/C44H65N13O5/c1-2-3-4-5-6-7-8-21-38(58)54-34(19-13-22-50-43(46)47)40(60)57-37(25-29-27-53-33-18-12-10-16-31(29)33)42(62)55-35(20-14-23-51-44(48)49)41(61)56-36(39(45)59)24-28-26-52-32-17-11-9-15-30(28)32/h9-12,15-18,26-27,34-37,52-53H,2-8,13-14,19-25H2,1H3,(H2,45,59)(H,54,58)(H,55,62)(H,56,61)(H,57,60)(H4,46,47,50)(H4,48,49,51)/t34-,35-,36-,37-/m0/s1. The number of hydrogen-bond acceptors (Lipinski definition) is 7. The van der Waals surface area contributed by atoms with Crippen molar-refractivity contribution in [2.45, 2.75) is 121 Å². The lowest BCUT2D eigenvalue weighted by molar-refractivity contribution is -0.134. The molecule has 4 aromatic rings. The summed E-state index contributed by atoms with van der Waals surface area (Å²) in [4.78, 5) is 83.0. The Morgan fingerprint density at radius 3 is 1.50 bits per heavy atom. The van der Waals surface area contributed by atoms with E-state index in [4.69, 9.17) is 28.7 Å². The van der Waals surface area contributed by atoms with E-state index in [0.29, 0.717) is 12.8 Å². The summed E-state index contributed by atoms with van der Waals surface area (Å²) in [6.45, 7) is 2.55. The van der Waals surface area contributed by atoms with Crippen molar-refractivity contribution in [2.24, 2.45) is 38.7 Å². The van der Waals surface area contributed by atoms with Gasteiger partial charge in [-0.3, -0.25) is 34.0 Å². The summed E-state index contributed by atoms with van der Waals surface area (Å²) in [6.07, 6.45) is 12.0. The summed E-state index contributed by atoms with van der Waals surface area (Å²) >= 11 is 0. The van der Waals surface area contributed by atoms with Gasteiger partial charge in [0.05, 0.1) is 0 Å². The number of aliphatic imine (C=N–C) groups is 2. The number of nitrogens with zero attached hydrogens (tertiary/aromatic N) is 2. The number of unbranched alkanes of at least 4 members (excludes halogenated alkanes) is 6. The number of H-pyrrole nitrogens is 2. The van der Waals surface area contributed by atoms with E-state index in [0.717, 1.165) is 65.0 Å². The quantitative estimate of drug-likeness (QED) is 0.0226. The fourth-order valence-corrected chi connectivity index (χ4v) is 7.34. The zero-order valence-electron chi connectivity index (χ0n) is 35.7. The number of carbonyl (C=O) groups is 5. The smallest absolute Gasteiger partial charge is 0.243 e. The fraction of sp³-hybridized carbons (Fsp3) is 0.477. The normalized spacial score (nSPS) is 13.0. The SMILES string of the molecule is CCCCCCCCCC(=O)N[C@@H](CCCN=C(N)N)C(=O)N[C@@H](Cc1c[nH]c2ccccc12)C(=O)N[C@@H](CCCN=C(N)N)C(=O)N[C@@H](Cc1c[nH]c2ccccc12)C(N)=O. The van der Waals surface area contributed by atoms with Gasteiger partial charge in [-0.05, 0) is 55.4 Å². The van der Waals surface area contributed by atoms with Crippen molar-refractivity contribution in [3.8, 4) is 0 Å². The minimum absolute atomic E-state index is 0.0289. The Morgan fingerprint density at radius 2 is 0.984 bits per heavy atom. The monoisotopic (exact) mass is 856 g/mol. The second kappa shape index (κ2) is 25.2. The summed E-state index contributed by atoms with van der Waals surface area (Å²) in [5, 5.41) is 13.0. The van der Waals surface area contributed by atoms with Crippen LogP contribution in [0.3, 0.4) is 0 Å². The minimum Gasteiger partial charge on any atom is -0.370 e. The predicted molar refractivity (Wildman–Crippen MR) is 243 cm³/mol. The Kier molecular flexibility index (Phi) is 19.6. The second-order valence-electron chi connectivity index (χ2n) is 15.6. The van der Waals surface area contributed by atoms with Crippen molar-refractivity contribution in [3.05, 3.63) is 72.1 Å². The van der Waals surface area contributed by atoms with E-state index in [-0.39, 0.29) is 69.4 Å². The molecule has 16 N–H and O–H groups in total. The number of nitrogens with one attached hydrogen (secondary N) is 6. The number of aromatic amines is 2. The zero-order valence-corrected chi connectivity index (χ0v) is 35.7. The van der Waals surface area contributed by atoms with Crippen molar-refractivity contribution in [1.82, 2.24) is 31.2 Å². The molecule has 0 bridgehead atoms. The molecule has 0 spiro atoms. The van der Waals surface area contributed by atoms with Gasteiger partial charge < -0.3 is 59.9 Å². The van der Waals surface area contributed by atoms with E-state index in [2.05, 4.69) is 48.1 Å². The van der Waals surface area contributed by atoms with Gasteiger partial charge in [0.2, 0.25) is 29.5 Å². The van der Waals surface area contributed by atoms with Gasteiger partial charge in [-0.25, -0.2) is 0 Å². The molecule has 4 rings (SSSR count). The summed E-state index contributed by atoms with van der Waals surface area (Å²) in [5.74, 6) is -3.21. The predicted octanol–water partition coefficient (Wildman–Crippen LogP) is 2.11. The van der Waals surface area contributed by atoms with Gasteiger partial charge in [-0.2, -0.15) is 0 Å². The van der Waals surface area contributed by atoms with Crippen molar-refractivity contribution in [2.75, 3.05) is 13.1 Å². The molecule has 0 fully saturated rings. The van der Waals surface area contributed by atoms with Crippen LogP contribution < -0.4 is 49.9 Å². The van der Waals surface area contributed by atoms with Gasteiger partial charge in [0.1, 0.15) is 24.2 Å². The molecule has 336 valence electrons. The van der Waals surface area contributed by atoms with E-state index < -0.39 is 47.8 Å². The third-order valence-electron chi connectivity index (χ3n) is 10.7. The Balaban J connectivity index is 1.57. The summed E-state index contributed by atoms with van der Waals surface area (Å²) < 4.78 is 0. The number of carbonyl (C=O) groups excluding carboxylic acids is 5. The second-order valence-corrected chi connectivity index (χ2v) is 15.6. The molecule has 2 heterocycles. The molecule has 0 saturated carbocycles. The first-order chi connectivity index (χ1) is 29.9. The van der Waals surface area contributed by atoms with Crippen molar-refractivity contribution < 1.29 is 24.0 Å². The van der Waals surface area contributed by atoms with Gasteiger partial charge >= 0.3 is 0 Å². The fourth-order valence-electron chi connectivity index (χ4n) is 7.34. The topological polar surface area (TPSA) is 320 Å². The van der Waals surface area contributed by atoms with Crippen LogP contribution in [0.5, 0.6) is 0 Å². The number of guanidine groups is 2. The average Bonchev–Trinajstić information content (AvgIpc) is 3.85. The molecule has 0 aliphatic carbocycles. The minimum atomic E-state index is -1.21. The van der Waals surface area contributed by atoms with Crippen LogP contribution in [0.4, 0.5) is 0 Å². The van der Waals surface area contributed by atoms with Crippen LogP contribution >= 0.6 is 0 Å². The van der Waals surface area contributed by atoms with Crippen LogP contribution in [0.2, 0.25) is 0 Å². The summed E-state index contributed by atoms with van der Waals surface area (Å²) in [6, 6.07) is 10.5. The average molecular weight is 856 g/mol. The van der Waals surface area contributed by atoms with E-state index >= 15 is 0 Å². The molecule has 0 saturated heterocycles. The molecular formula is C44H65N13O5. The molecule has 0 aliphatic rings. The first-order valence-electron chi connectivity index (χ1n) is 21.6. The molecular weight excluding hydrogens is 791 g/mol. The molecule has 0 aliphatic heterocycles. The number of nitrogens with two attached hydrogens (primary N) is 5. The van der Waals surface area contributed by atoms with E-state index in [1.54, 1.807) is 12.4 Å². The largest absolute Gasteiger partial charge is 0.370 e. The Labute approximate surface area is 362 Å². The van der Waals surface area contributed by atoms with Crippen molar-refractivity contribution in [1.29, 1.82) is 0 Å². The molecule has 0 unspecified atom stereocenters. The highest BCUT2D eigenvalue weighted by atomic mass is 16.2. The molecule has 5 amide bonds. The van der Waals surface area contributed by atoms with Crippen molar-refractivity contribution >= 4 is 63.3 Å². The lowest BCUT2D eigenvalue weighted by Gasteiger charge is -2.26. The number of para-hydroxylation sites is 2. The summed E-state index contributed by atoms with van der Waals surface area (Å²) in [7, 11) is 0.